The smallest absolute Gasteiger partial charge is 0.414 e. The molecule has 1 unspecified atom stereocenters. The number of cyclic esters (lactones) is 1. The Morgan fingerprint density at radius 1 is 1.62 bits per heavy atom. The number of ether oxygens (including phenoxy) is 1. The molecule has 16 heavy (non-hydrogen) atoms. The van der Waals surface area contributed by atoms with Crippen molar-refractivity contribution in [1.29, 1.82) is 0 Å². The zero-order valence-corrected chi connectivity index (χ0v) is 10.5. The fraction of sp³-hybridized carbons (Fsp3) is 0.364. The van der Waals surface area contributed by atoms with Gasteiger partial charge in [0.15, 0.2) is 0 Å². The molecule has 1 aromatic rings. The third-order valence-corrected chi connectivity index (χ3v) is 3.48. The first kappa shape index (κ1) is 11.4. The summed E-state index contributed by atoms with van der Waals surface area (Å²) in [4.78, 5) is 13.2. The minimum absolute atomic E-state index is 0.198. The molecule has 2 rings (SSSR count). The summed E-state index contributed by atoms with van der Waals surface area (Å²) in [5.41, 5.74) is 7.41. The molecule has 1 saturated heterocycles. The number of amides is 1. The topological polar surface area (TPSA) is 55.6 Å². The molecule has 0 aromatic heterocycles. The van der Waals surface area contributed by atoms with Gasteiger partial charge in [-0.15, -0.1) is 0 Å². The number of nitrogens with zero attached hydrogens (tertiary/aromatic N) is 1. The average Bonchev–Trinajstić information content (AvgIpc) is 2.64. The molecule has 5 heteroatoms. The van der Waals surface area contributed by atoms with E-state index in [0.29, 0.717) is 13.1 Å². The summed E-state index contributed by atoms with van der Waals surface area (Å²) in [5, 5.41) is 0. The third-order valence-electron chi connectivity index (χ3n) is 2.59. The number of hydrogen-bond acceptors (Lipinski definition) is 3. The van der Waals surface area contributed by atoms with Gasteiger partial charge in [-0.2, -0.15) is 0 Å². The molecule has 0 radical (unpaired) electrons. The monoisotopic (exact) mass is 284 g/mol. The Morgan fingerprint density at radius 3 is 2.94 bits per heavy atom. The van der Waals surface area contributed by atoms with E-state index in [9.17, 15) is 4.79 Å². The van der Waals surface area contributed by atoms with E-state index in [4.69, 9.17) is 10.5 Å². The van der Waals surface area contributed by atoms with Crippen molar-refractivity contribution < 1.29 is 9.53 Å². The maximum absolute atomic E-state index is 11.6. The van der Waals surface area contributed by atoms with Gasteiger partial charge in [-0.25, -0.2) is 4.79 Å². The fourth-order valence-electron chi connectivity index (χ4n) is 1.65. The van der Waals surface area contributed by atoms with Crippen molar-refractivity contribution in [3.8, 4) is 0 Å². The number of aryl methyl sites for hydroxylation is 1. The van der Waals surface area contributed by atoms with Crippen LogP contribution in [0.3, 0.4) is 0 Å². The molecular weight excluding hydrogens is 272 g/mol. The van der Waals surface area contributed by atoms with Crippen LogP contribution in [0.2, 0.25) is 0 Å². The van der Waals surface area contributed by atoms with E-state index in [2.05, 4.69) is 15.9 Å². The molecular formula is C11H13BrN2O2. The predicted molar refractivity (Wildman–Crippen MR) is 65.5 cm³/mol. The molecule has 1 heterocycles. The van der Waals surface area contributed by atoms with Gasteiger partial charge < -0.3 is 10.5 Å². The first-order valence-electron chi connectivity index (χ1n) is 5.06. The van der Waals surface area contributed by atoms with Gasteiger partial charge in [0.05, 0.1) is 6.54 Å². The van der Waals surface area contributed by atoms with E-state index in [0.717, 1.165) is 15.7 Å². The minimum Gasteiger partial charge on any atom is -0.443 e. The first-order chi connectivity index (χ1) is 7.61. The van der Waals surface area contributed by atoms with E-state index >= 15 is 0 Å². The Hall–Kier alpha value is -1.07. The van der Waals surface area contributed by atoms with Crippen molar-refractivity contribution in [1.82, 2.24) is 0 Å². The SMILES string of the molecule is Cc1cc(N2CC(CN)OC2=O)ccc1Br. The van der Waals surface area contributed by atoms with E-state index in [1.165, 1.54) is 0 Å². The van der Waals surface area contributed by atoms with Crippen LogP contribution in [0.1, 0.15) is 5.56 Å². The number of nitrogens with two attached hydrogens (primary N) is 1. The van der Waals surface area contributed by atoms with Gasteiger partial charge in [-0.3, -0.25) is 4.90 Å². The highest BCUT2D eigenvalue weighted by molar-refractivity contribution is 9.10. The molecule has 0 bridgehead atoms. The standard InChI is InChI=1S/C11H13BrN2O2/c1-7-4-8(2-3-10(7)12)14-6-9(5-13)16-11(14)15/h2-4,9H,5-6,13H2,1H3. The lowest BCUT2D eigenvalue weighted by Crippen LogP contribution is -2.27. The molecule has 1 fully saturated rings. The molecule has 1 aliphatic rings. The normalized spacial score (nSPS) is 20.1. The van der Waals surface area contributed by atoms with E-state index in [-0.39, 0.29) is 12.2 Å². The Kier molecular flexibility index (Phi) is 3.16. The maximum Gasteiger partial charge on any atom is 0.414 e. The van der Waals surface area contributed by atoms with Crippen LogP contribution in [0.4, 0.5) is 10.5 Å². The minimum atomic E-state index is -0.322. The third kappa shape index (κ3) is 2.05. The van der Waals surface area contributed by atoms with Gasteiger partial charge in [-0.1, -0.05) is 15.9 Å². The van der Waals surface area contributed by atoms with E-state index in [1.807, 2.05) is 25.1 Å². The molecule has 2 N–H and O–H groups in total. The number of carbonyl (C=O) groups excluding carboxylic acids is 1. The highest BCUT2D eigenvalue weighted by Crippen LogP contribution is 2.26. The fourth-order valence-corrected chi connectivity index (χ4v) is 1.90. The summed E-state index contributed by atoms with van der Waals surface area (Å²) in [6.07, 6.45) is -0.520. The van der Waals surface area contributed by atoms with Crippen molar-refractivity contribution >= 4 is 27.7 Å². The molecule has 0 saturated carbocycles. The lowest BCUT2D eigenvalue weighted by Gasteiger charge is -2.13. The van der Waals surface area contributed by atoms with Gasteiger partial charge >= 0.3 is 6.09 Å². The molecule has 4 nitrogen and oxygen atoms in total. The van der Waals surface area contributed by atoms with Crippen LogP contribution >= 0.6 is 15.9 Å². The Labute approximate surface area is 102 Å². The number of carbonyl (C=O) groups is 1. The molecule has 1 aromatic carbocycles. The highest BCUT2D eigenvalue weighted by atomic mass is 79.9. The van der Waals surface area contributed by atoms with Crippen molar-refractivity contribution in [3.63, 3.8) is 0 Å². The van der Waals surface area contributed by atoms with E-state index in [1.54, 1.807) is 4.90 Å². The number of hydrogen-bond donors (Lipinski definition) is 1. The van der Waals surface area contributed by atoms with Gasteiger partial charge in [0.1, 0.15) is 6.10 Å². The second kappa shape index (κ2) is 4.43. The van der Waals surface area contributed by atoms with Crippen LogP contribution in [-0.2, 0) is 4.74 Å². The number of halogens is 1. The Balaban J connectivity index is 2.24. The van der Waals surface area contributed by atoms with Gasteiger partial charge in [-0.05, 0) is 30.7 Å². The van der Waals surface area contributed by atoms with Gasteiger partial charge in [0.25, 0.3) is 0 Å². The summed E-state index contributed by atoms with van der Waals surface area (Å²) in [6, 6.07) is 5.76. The average molecular weight is 285 g/mol. The van der Waals surface area contributed by atoms with Crippen LogP contribution < -0.4 is 10.6 Å². The van der Waals surface area contributed by atoms with Crippen LogP contribution in [0.25, 0.3) is 0 Å². The second-order valence-electron chi connectivity index (χ2n) is 3.79. The molecule has 86 valence electrons. The van der Waals surface area contributed by atoms with Gasteiger partial charge in [0, 0.05) is 16.7 Å². The van der Waals surface area contributed by atoms with Crippen LogP contribution in [0.5, 0.6) is 0 Å². The summed E-state index contributed by atoms with van der Waals surface area (Å²) < 4.78 is 6.12. The van der Waals surface area contributed by atoms with E-state index < -0.39 is 0 Å². The highest BCUT2D eigenvalue weighted by Gasteiger charge is 2.31. The Bertz CT molecular complexity index is 422. The van der Waals surface area contributed by atoms with Crippen molar-refractivity contribution in [2.45, 2.75) is 13.0 Å². The largest absolute Gasteiger partial charge is 0.443 e. The van der Waals surface area contributed by atoms with Crippen LogP contribution in [-0.4, -0.2) is 25.3 Å². The van der Waals surface area contributed by atoms with Crippen LogP contribution in [0.15, 0.2) is 22.7 Å². The summed E-state index contributed by atoms with van der Waals surface area (Å²) in [6.45, 7) is 2.86. The zero-order valence-electron chi connectivity index (χ0n) is 8.94. The molecule has 1 aliphatic heterocycles. The second-order valence-corrected chi connectivity index (χ2v) is 4.64. The van der Waals surface area contributed by atoms with Gasteiger partial charge in [0.2, 0.25) is 0 Å². The van der Waals surface area contributed by atoms with Crippen molar-refractivity contribution in [3.05, 3.63) is 28.2 Å². The maximum atomic E-state index is 11.6. The summed E-state index contributed by atoms with van der Waals surface area (Å²) in [7, 11) is 0. The number of benzene rings is 1. The predicted octanol–water partition coefficient (Wildman–Crippen LogP) is 2.04. The Morgan fingerprint density at radius 2 is 2.38 bits per heavy atom. The zero-order chi connectivity index (χ0) is 11.7. The van der Waals surface area contributed by atoms with Crippen molar-refractivity contribution in [2.75, 3.05) is 18.0 Å². The van der Waals surface area contributed by atoms with Crippen LogP contribution in [0, 0.1) is 6.92 Å². The number of anilines is 1. The molecule has 1 atom stereocenters. The van der Waals surface area contributed by atoms with Crippen molar-refractivity contribution in [2.24, 2.45) is 5.73 Å². The lowest BCUT2D eigenvalue weighted by molar-refractivity contribution is 0.145. The quantitative estimate of drug-likeness (QED) is 0.904. The first-order valence-corrected chi connectivity index (χ1v) is 5.85. The summed E-state index contributed by atoms with van der Waals surface area (Å²) >= 11 is 3.42. The molecule has 1 amide bonds. The number of rotatable bonds is 2. The molecule has 0 spiro atoms. The lowest BCUT2D eigenvalue weighted by atomic mass is 10.2. The summed E-state index contributed by atoms with van der Waals surface area (Å²) in [5.74, 6) is 0. The molecule has 0 aliphatic carbocycles.